The molecule has 0 saturated carbocycles. The maximum absolute atomic E-state index is 10.5. The maximum Gasteiger partial charge on any atom is 0.0824 e. The third-order valence-electron chi connectivity index (χ3n) is 3.74. The fourth-order valence-electron chi connectivity index (χ4n) is 2.73. The Morgan fingerprint density at radius 3 is 2.89 bits per heavy atom. The molecule has 0 amide bonds. The van der Waals surface area contributed by atoms with Gasteiger partial charge in [0, 0.05) is 9.35 Å². The quantitative estimate of drug-likeness (QED) is 0.871. The SMILES string of the molecule is OC1c2ccccc2CCC1Cc1sccc1Br. The van der Waals surface area contributed by atoms with E-state index in [0.717, 1.165) is 24.8 Å². The summed E-state index contributed by atoms with van der Waals surface area (Å²) in [5, 5.41) is 12.6. The molecule has 1 heterocycles. The number of fused-ring (bicyclic) bond motifs is 1. The Kier molecular flexibility index (Phi) is 3.55. The minimum absolute atomic E-state index is 0.316. The van der Waals surface area contributed by atoms with Crippen molar-refractivity contribution in [1.82, 2.24) is 0 Å². The standard InChI is InChI=1S/C15H15BrOS/c16-13-7-8-18-14(13)9-11-6-5-10-3-1-2-4-12(10)15(11)17/h1-4,7-8,11,15,17H,5-6,9H2. The second-order valence-electron chi connectivity index (χ2n) is 4.84. The first-order valence-corrected chi connectivity index (χ1v) is 7.90. The molecule has 0 aliphatic heterocycles. The van der Waals surface area contributed by atoms with E-state index in [1.54, 1.807) is 11.3 Å². The molecule has 1 aliphatic carbocycles. The fraction of sp³-hybridized carbons (Fsp3) is 0.333. The van der Waals surface area contributed by atoms with E-state index in [1.807, 2.05) is 6.07 Å². The zero-order valence-electron chi connectivity index (χ0n) is 9.97. The highest BCUT2D eigenvalue weighted by Crippen LogP contribution is 2.38. The molecule has 1 N–H and O–H groups in total. The van der Waals surface area contributed by atoms with E-state index < -0.39 is 0 Å². The van der Waals surface area contributed by atoms with Gasteiger partial charge in [0.15, 0.2) is 0 Å². The lowest BCUT2D eigenvalue weighted by atomic mass is 9.80. The van der Waals surface area contributed by atoms with Gasteiger partial charge >= 0.3 is 0 Å². The summed E-state index contributed by atoms with van der Waals surface area (Å²) in [4.78, 5) is 1.35. The Bertz CT molecular complexity index is 549. The van der Waals surface area contributed by atoms with Gasteiger partial charge < -0.3 is 5.11 Å². The Balaban J connectivity index is 1.83. The largest absolute Gasteiger partial charge is 0.388 e. The number of aliphatic hydroxyl groups excluding tert-OH is 1. The number of thiophene rings is 1. The van der Waals surface area contributed by atoms with Gasteiger partial charge in [0.25, 0.3) is 0 Å². The van der Waals surface area contributed by atoms with Gasteiger partial charge in [0.05, 0.1) is 6.10 Å². The maximum atomic E-state index is 10.5. The van der Waals surface area contributed by atoms with Crippen molar-refractivity contribution in [1.29, 1.82) is 0 Å². The van der Waals surface area contributed by atoms with Gasteiger partial charge in [-0.05, 0) is 63.7 Å². The van der Waals surface area contributed by atoms with Crippen LogP contribution in [0.5, 0.6) is 0 Å². The monoisotopic (exact) mass is 322 g/mol. The molecule has 2 unspecified atom stereocenters. The summed E-state index contributed by atoms with van der Waals surface area (Å²) in [5.41, 5.74) is 2.44. The van der Waals surface area contributed by atoms with Crippen LogP contribution in [0.4, 0.5) is 0 Å². The van der Waals surface area contributed by atoms with E-state index in [2.05, 4.69) is 45.6 Å². The number of aryl methyl sites for hydroxylation is 1. The normalized spacial score (nSPS) is 22.8. The highest BCUT2D eigenvalue weighted by molar-refractivity contribution is 9.10. The first-order valence-electron chi connectivity index (χ1n) is 6.23. The van der Waals surface area contributed by atoms with Gasteiger partial charge in [-0.2, -0.15) is 0 Å². The molecule has 94 valence electrons. The number of hydrogen-bond acceptors (Lipinski definition) is 2. The average Bonchev–Trinajstić information content (AvgIpc) is 2.79. The molecule has 0 spiro atoms. The third-order valence-corrected chi connectivity index (χ3v) is 5.69. The van der Waals surface area contributed by atoms with Crippen molar-refractivity contribution in [3.63, 3.8) is 0 Å². The Hall–Kier alpha value is -0.640. The van der Waals surface area contributed by atoms with Gasteiger partial charge in [0.2, 0.25) is 0 Å². The van der Waals surface area contributed by atoms with Crippen molar-refractivity contribution in [2.45, 2.75) is 25.4 Å². The number of halogens is 1. The molecule has 3 rings (SSSR count). The minimum Gasteiger partial charge on any atom is -0.388 e. The minimum atomic E-state index is -0.316. The predicted molar refractivity (Wildman–Crippen MR) is 78.9 cm³/mol. The second kappa shape index (κ2) is 5.16. The third kappa shape index (κ3) is 2.27. The molecule has 0 bridgehead atoms. The van der Waals surface area contributed by atoms with Crippen LogP contribution in [0.15, 0.2) is 40.2 Å². The molecule has 1 aliphatic rings. The highest BCUT2D eigenvalue weighted by Gasteiger charge is 2.28. The van der Waals surface area contributed by atoms with E-state index >= 15 is 0 Å². The zero-order valence-corrected chi connectivity index (χ0v) is 12.4. The van der Waals surface area contributed by atoms with Crippen LogP contribution in [-0.4, -0.2) is 5.11 Å². The van der Waals surface area contributed by atoms with E-state index in [1.165, 1.54) is 14.9 Å². The predicted octanol–water partition coefficient (Wildman–Crippen LogP) is 4.35. The summed E-state index contributed by atoms with van der Waals surface area (Å²) in [6.07, 6.45) is 2.81. The van der Waals surface area contributed by atoms with Crippen molar-refractivity contribution in [2.75, 3.05) is 0 Å². The highest BCUT2D eigenvalue weighted by atomic mass is 79.9. The summed E-state index contributed by atoms with van der Waals surface area (Å²) in [7, 11) is 0. The van der Waals surface area contributed by atoms with Crippen molar-refractivity contribution < 1.29 is 5.11 Å². The molecular weight excluding hydrogens is 308 g/mol. The first-order chi connectivity index (χ1) is 8.75. The van der Waals surface area contributed by atoms with Gasteiger partial charge in [-0.3, -0.25) is 0 Å². The molecule has 0 fully saturated rings. The zero-order chi connectivity index (χ0) is 12.5. The number of rotatable bonds is 2. The van der Waals surface area contributed by atoms with Gasteiger partial charge in [0.1, 0.15) is 0 Å². The summed E-state index contributed by atoms with van der Waals surface area (Å²) in [5.74, 6) is 0.342. The van der Waals surface area contributed by atoms with Crippen molar-refractivity contribution in [3.8, 4) is 0 Å². The molecule has 2 aromatic rings. The van der Waals surface area contributed by atoms with E-state index in [9.17, 15) is 5.11 Å². The lowest BCUT2D eigenvalue weighted by Crippen LogP contribution is -2.22. The summed E-state index contributed by atoms with van der Waals surface area (Å²) in [6, 6.07) is 10.4. The first kappa shape index (κ1) is 12.4. The van der Waals surface area contributed by atoms with Gasteiger partial charge in [-0.25, -0.2) is 0 Å². The van der Waals surface area contributed by atoms with E-state index in [0.29, 0.717) is 5.92 Å². The molecule has 1 aromatic carbocycles. The summed E-state index contributed by atoms with van der Waals surface area (Å²) < 4.78 is 1.18. The van der Waals surface area contributed by atoms with Crippen LogP contribution in [0.1, 0.15) is 28.5 Å². The molecule has 0 radical (unpaired) electrons. The molecule has 3 heteroatoms. The lowest BCUT2D eigenvalue weighted by molar-refractivity contribution is 0.0940. The average molecular weight is 323 g/mol. The van der Waals surface area contributed by atoms with Crippen molar-refractivity contribution in [2.24, 2.45) is 5.92 Å². The second-order valence-corrected chi connectivity index (χ2v) is 6.69. The topological polar surface area (TPSA) is 20.2 Å². The Morgan fingerprint density at radius 2 is 2.11 bits per heavy atom. The van der Waals surface area contributed by atoms with Crippen LogP contribution in [0.3, 0.4) is 0 Å². The molecule has 18 heavy (non-hydrogen) atoms. The number of benzene rings is 1. The van der Waals surface area contributed by atoms with Crippen LogP contribution >= 0.6 is 27.3 Å². The van der Waals surface area contributed by atoms with Crippen LogP contribution in [0.2, 0.25) is 0 Å². The van der Waals surface area contributed by atoms with Crippen LogP contribution in [-0.2, 0) is 12.8 Å². The Labute approximate surface area is 120 Å². The molecule has 1 nitrogen and oxygen atoms in total. The number of aliphatic hydroxyl groups is 1. The molecular formula is C15H15BrOS. The van der Waals surface area contributed by atoms with Crippen LogP contribution in [0.25, 0.3) is 0 Å². The smallest absolute Gasteiger partial charge is 0.0824 e. The van der Waals surface area contributed by atoms with Gasteiger partial charge in [-0.15, -0.1) is 11.3 Å². The van der Waals surface area contributed by atoms with Crippen molar-refractivity contribution >= 4 is 27.3 Å². The van der Waals surface area contributed by atoms with E-state index in [-0.39, 0.29) is 6.10 Å². The lowest BCUT2D eigenvalue weighted by Gasteiger charge is -2.30. The summed E-state index contributed by atoms with van der Waals surface area (Å²) >= 11 is 5.34. The van der Waals surface area contributed by atoms with Crippen LogP contribution < -0.4 is 0 Å². The molecule has 0 saturated heterocycles. The van der Waals surface area contributed by atoms with Crippen molar-refractivity contribution in [3.05, 3.63) is 56.2 Å². The molecule has 2 atom stereocenters. The Morgan fingerprint density at radius 1 is 1.28 bits per heavy atom. The van der Waals surface area contributed by atoms with Crippen LogP contribution in [0, 0.1) is 5.92 Å². The van der Waals surface area contributed by atoms with E-state index in [4.69, 9.17) is 0 Å². The summed E-state index contributed by atoms with van der Waals surface area (Å²) in [6.45, 7) is 0. The molecule has 1 aromatic heterocycles. The van der Waals surface area contributed by atoms with Gasteiger partial charge in [-0.1, -0.05) is 24.3 Å². The number of hydrogen-bond donors (Lipinski definition) is 1. The fourth-order valence-corrected chi connectivity index (χ4v) is 4.33.